The molecule has 0 aliphatic carbocycles. The molecule has 1 fully saturated rings. The normalized spacial score (nSPS) is 17.6. The van der Waals surface area contributed by atoms with Gasteiger partial charge in [0.2, 0.25) is 0 Å². The quantitative estimate of drug-likeness (QED) is 0.750. The van der Waals surface area contributed by atoms with Crippen LogP contribution in [-0.4, -0.2) is 20.3 Å². The molecule has 1 aliphatic rings. The van der Waals surface area contributed by atoms with E-state index in [0.29, 0.717) is 13.2 Å². The van der Waals surface area contributed by atoms with Crippen molar-refractivity contribution in [2.24, 2.45) is 0 Å². The molecule has 0 aromatic heterocycles. The third kappa shape index (κ3) is 1.82. The van der Waals surface area contributed by atoms with Crippen molar-refractivity contribution in [1.82, 2.24) is 0 Å². The summed E-state index contributed by atoms with van der Waals surface area (Å²) in [6.45, 7) is 1.39. The minimum Gasteiger partial charge on any atom is -0.388 e. The maximum atomic E-state index is 5.37. The van der Waals surface area contributed by atoms with Crippen LogP contribution < -0.4 is 5.32 Å². The van der Waals surface area contributed by atoms with E-state index in [1.165, 1.54) is 0 Å². The molecule has 3 nitrogen and oxygen atoms in total. The maximum Gasteiger partial charge on any atom is 0.184 e. The zero-order valence-corrected chi connectivity index (χ0v) is 7.62. The smallest absolute Gasteiger partial charge is 0.184 e. The number of rotatable bonds is 2. The van der Waals surface area contributed by atoms with Crippen molar-refractivity contribution in [2.45, 2.75) is 6.29 Å². The molecule has 2 rings (SSSR count). The van der Waals surface area contributed by atoms with E-state index >= 15 is 0 Å². The fraction of sp³-hybridized carbons (Fsp3) is 0.400. The van der Waals surface area contributed by atoms with Gasteiger partial charge in [-0.3, -0.25) is 0 Å². The van der Waals surface area contributed by atoms with E-state index in [2.05, 4.69) is 5.32 Å². The van der Waals surface area contributed by atoms with E-state index in [9.17, 15) is 0 Å². The lowest BCUT2D eigenvalue weighted by Crippen LogP contribution is -1.97. The molecule has 3 heteroatoms. The van der Waals surface area contributed by atoms with Crippen LogP contribution in [0.15, 0.2) is 24.3 Å². The van der Waals surface area contributed by atoms with Crippen molar-refractivity contribution in [3.8, 4) is 0 Å². The molecule has 1 heterocycles. The van der Waals surface area contributed by atoms with Gasteiger partial charge in [0.05, 0.1) is 13.2 Å². The molecule has 1 aromatic rings. The molecule has 1 N–H and O–H groups in total. The predicted octanol–water partition coefficient (Wildman–Crippen LogP) is 1.77. The highest BCUT2D eigenvalue weighted by Crippen LogP contribution is 2.23. The standard InChI is InChI=1S/C10H13NO2/c1-11-9-4-2-8(3-5-9)10-12-6-7-13-10/h2-5,10-11H,6-7H2,1H3. The van der Waals surface area contributed by atoms with Gasteiger partial charge in [-0.2, -0.15) is 0 Å². The van der Waals surface area contributed by atoms with Crippen LogP contribution in [0.5, 0.6) is 0 Å². The molecule has 0 radical (unpaired) electrons. The second kappa shape index (κ2) is 3.77. The highest BCUT2D eigenvalue weighted by molar-refractivity contribution is 5.44. The first-order chi connectivity index (χ1) is 6.40. The van der Waals surface area contributed by atoms with E-state index in [0.717, 1.165) is 11.3 Å². The first kappa shape index (κ1) is 8.53. The molecule has 0 amide bonds. The summed E-state index contributed by atoms with van der Waals surface area (Å²) >= 11 is 0. The van der Waals surface area contributed by atoms with Gasteiger partial charge in [-0.1, -0.05) is 12.1 Å². The highest BCUT2D eigenvalue weighted by Gasteiger charge is 2.17. The van der Waals surface area contributed by atoms with E-state index in [-0.39, 0.29) is 6.29 Å². The van der Waals surface area contributed by atoms with Crippen LogP contribution in [0, 0.1) is 0 Å². The van der Waals surface area contributed by atoms with Crippen molar-refractivity contribution in [3.63, 3.8) is 0 Å². The Hall–Kier alpha value is -1.06. The number of nitrogens with one attached hydrogen (secondary N) is 1. The lowest BCUT2D eigenvalue weighted by molar-refractivity contribution is -0.0441. The van der Waals surface area contributed by atoms with E-state index in [1.807, 2.05) is 31.3 Å². The molecule has 1 aromatic carbocycles. The van der Waals surface area contributed by atoms with Gasteiger partial charge in [-0.05, 0) is 12.1 Å². The second-order valence-electron chi connectivity index (χ2n) is 2.95. The molecular formula is C10H13NO2. The molecule has 0 spiro atoms. The summed E-state index contributed by atoms with van der Waals surface area (Å²) in [6.07, 6.45) is -0.161. The molecule has 1 saturated heterocycles. The number of hydrogen-bond acceptors (Lipinski definition) is 3. The lowest BCUT2D eigenvalue weighted by atomic mass is 10.2. The average Bonchev–Trinajstić information content (AvgIpc) is 2.71. The zero-order valence-electron chi connectivity index (χ0n) is 7.62. The number of ether oxygens (including phenoxy) is 2. The largest absolute Gasteiger partial charge is 0.388 e. The summed E-state index contributed by atoms with van der Waals surface area (Å²) in [5.41, 5.74) is 2.18. The molecule has 13 heavy (non-hydrogen) atoms. The van der Waals surface area contributed by atoms with Crippen LogP contribution in [0.4, 0.5) is 5.69 Å². The summed E-state index contributed by atoms with van der Waals surface area (Å²) in [4.78, 5) is 0. The van der Waals surface area contributed by atoms with Gasteiger partial charge < -0.3 is 14.8 Å². The Labute approximate surface area is 77.7 Å². The fourth-order valence-electron chi connectivity index (χ4n) is 1.36. The molecule has 0 saturated carbocycles. The Bertz CT molecular complexity index is 265. The van der Waals surface area contributed by atoms with Crippen LogP contribution in [0.1, 0.15) is 11.9 Å². The summed E-state index contributed by atoms with van der Waals surface area (Å²) in [7, 11) is 1.90. The van der Waals surface area contributed by atoms with Crippen molar-refractivity contribution < 1.29 is 9.47 Å². The molecule has 70 valence electrons. The van der Waals surface area contributed by atoms with Gasteiger partial charge in [-0.25, -0.2) is 0 Å². The van der Waals surface area contributed by atoms with Crippen molar-refractivity contribution in [1.29, 1.82) is 0 Å². The Kier molecular flexibility index (Phi) is 2.47. The zero-order chi connectivity index (χ0) is 9.10. The summed E-state index contributed by atoms with van der Waals surface area (Å²) in [6, 6.07) is 8.06. The maximum absolute atomic E-state index is 5.37. The third-order valence-electron chi connectivity index (χ3n) is 2.09. The predicted molar refractivity (Wildman–Crippen MR) is 50.6 cm³/mol. The van der Waals surface area contributed by atoms with Gasteiger partial charge >= 0.3 is 0 Å². The summed E-state index contributed by atoms with van der Waals surface area (Å²) < 4.78 is 10.7. The Morgan fingerprint density at radius 3 is 2.31 bits per heavy atom. The van der Waals surface area contributed by atoms with Crippen molar-refractivity contribution in [3.05, 3.63) is 29.8 Å². The van der Waals surface area contributed by atoms with Crippen LogP contribution in [-0.2, 0) is 9.47 Å². The third-order valence-corrected chi connectivity index (χ3v) is 2.09. The SMILES string of the molecule is CNc1ccc(C2OCCO2)cc1. The average molecular weight is 179 g/mol. The molecule has 0 atom stereocenters. The fourth-order valence-corrected chi connectivity index (χ4v) is 1.36. The van der Waals surface area contributed by atoms with Crippen molar-refractivity contribution in [2.75, 3.05) is 25.6 Å². The topological polar surface area (TPSA) is 30.5 Å². The van der Waals surface area contributed by atoms with Crippen LogP contribution >= 0.6 is 0 Å². The summed E-state index contributed by atoms with van der Waals surface area (Å²) in [5.74, 6) is 0. The number of hydrogen-bond donors (Lipinski definition) is 1. The van der Waals surface area contributed by atoms with E-state index in [1.54, 1.807) is 0 Å². The first-order valence-corrected chi connectivity index (χ1v) is 4.41. The molecule has 1 aliphatic heterocycles. The van der Waals surface area contributed by atoms with E-state index < -0.39 is 0 Å². The second-order valence-corrected chi connectivity index (χ2v) is 2.95. The minimum atomic E-state index is -0.161. The Balaban J connectivity index is 2.12. The Morgan fingerprint density at radius 1 is 1.15 bits per heavy atom. The van der Waals surface area contributed by atoms with Crippen LogP contribution in [0.2, 0.25) is 0 Å². The monoisotopic (exact) mass is 179 g/mol. The summed E-state index contributed by atoms with van der Waals surface area (Å²) in [5, 5.41) is 3.06. The first-order valence-electron chi connectivity index (χ1n) is 4.41. The minimum absolute atomic E-state index is 0.161. The van der Waals surface area contributed by atoms with Crippen LogP contribution in [0.25, 0.3) is 0 Å². The van der Waals surface area contributed by atoms with Gasteiger partial charge in [0, 0.05) is 18.3 Å². The highest BCUT2D eigenvalue weighted by atomic mass is 16.7. The van der Waals surface area contributed by atoms with Gasteiger partial charge in [0.1, 0.15) is 0 Å². The number of benzene rings is 1. The van der Waals surface area contributed by atoms with E-state index in [4.69, 9.17) is 9.47 Å². The van der Waals surface area contributed by atoms with Gasteiger partial charge in [0.15, 0.2) is 6.29 Å². The Morgan fingerprint density at radius 2 is 1.77 bits per heavy atom. The molecular weight excluding hydrogens is 166 g/mol. The van der Waals surface area contributed by atoms with Gasteiger partial charge in [-0.15, -0.1) is 0 Å². The number of anilines is 1. The van der Waals surface area contributed by atoms with Crippen molar-refractivity contribution >= 4 is 5.69 Å². The molecule has 0 bridgehead atoms. The van der Waals surface area contributed by atoms with Crippen LogP contribution in [0.3, 0.4) is 0 Å². The molecule has 0 unspecified atom stereocenters. The lowest BCUT2D eigenvalue weighted by Gasteiger charge is -2.09. The van der Waals surface area contributed by atoms with Gasteiger partial charge in [0.25, 0.3) is 0 Å².